The standard InChI is InChI=1S/C17H27ClO/c18-16-7-3-2-6-14(12-16)15-8-11-19-17(13-15)9-4-1-5-10-17/h12,15-16H,1-11,13H2. The molecule has 0 amide bonds. The minimum atomic E-state index is 0.232. The van der Waals surface area contributed by atoms with Gasteiger partial charge in [0.2, 0.25) is 0 Å². The van der Waals surface area contributed by atoms with E-state index in [4.69, 9.17) is 16.3 Å². The number of halogens is 1. The van der Waals surface area contributed by atoms with Gasteiger partial charge in [-0.25, -0.2) is 0 Å². The zero-order valence-corrected chi connectivity index (χ0v) is 12.8. The van der Waals surface area contributed by atoms with Gasteiger partial charge in [0.05, 0.1) is 11.0 Å². The number of rotatable bonds is 1. The van der Waals surface area contributed by atoms with Crippen molar-refractivity contribution in [1.29, 1.82) is 0 Å². The molecule has 2 unspecified atom stereocenters. The van der Waals surface area contributed by atoms with Crippen molar-refractivity contribution in [1.82, 2.24) is 0 Å². The maximum atomic E-state index is 6.40. The summed E-state index contributed by atoms with van der Waals surface area (Å²) >= 11 is 6.40. The molecule has 1 heterocycles. The van der Waals surface area contributed by atoms with Crippen LogP contribution in [-0.2, 0) is 4.74 Å². The number of hydrogen-bond donors (Lipinski definition) is 0. The van der Waals surface area contributed by atoms with Crippen molar-refractivity contribution >= 4 is 11.6 Å². The number of ether oxygens (including phenoxy) is 1. The molecule has 1 nitrogen and oxygen atoms in total. The SMILES string of the molecule is ClC1C=C(C2CCOC3(CCCCC3)C2)CCCC1. The smallest absolute Gasteiger partial charge is 0.0688 e. The summed E-state index contributed by atoms with van der Waals surface area (Å²) in [5, 5.41) is 0.280. The van der Waals surface area contributed by atoms with Crippen molar-refractivity contribution in [2.45, 2.75) is 81.6 Å². The summed E-state index contributed by atoms with van der Waals surface area (Å²) in [6, 6.07) is 0. The summed E-state index contributed by atoms with van der Waals surface area (Å²) in [5.74, 6) is 0.756. The summed E-state index contributed by atoms with van der Waals surface area (Å²) in [7, 11) is 0. The van der Waals surface area contributed by atoms with Crippen molar-refractivity contribution < 1.29 is 4.74 Å². The van der Waals surface area contributed by atoms with E-state index in [9.17, 15) is 0 Å². The second-order valence-corrected chi connectivity index (χ2v) is 7.35. The predicted octanol–water partition coefficient (Wildman–Crippen LogP) is 5.22. The van der Waals surface area contributed by atoms with Crippen LogP contribution in [-0.4, -0.2) is 17.6 Å². The van der Waals surface area contributed by atoms with Gasteiger partial charge in [-0.1, -0.05) is 37.3 Å². The van der Waals surface area contributed by atoms with Gasteiger partial charge in [0.1, 0.15) is 0 Å². The molecule has 1 saturated heterocycles. The van der Waals surface area contributed by atoms with Gasteiger partial charge in [0.25, 0.3) is 0 Å². The summed E-state index contributed by atoms with van der Waals surface area (Å²) in [4.78, 5) is 0. The Morgan fingerprint density at radius 2 is 1.89 bits per heavy atom. The lowest BCUT2D eigenvalue weighted by molar-refractivity contribution is -0.112. The van der Waals surface area contributed by atoms with Crippen LogP contribution in [0, 0.1) is 5.92 Å². The largest absolute Gasteiger partial charge is 0.375 e. The molecule has 0 aromatic heterocycles. The molecular formula is C17H27ClO. The van der Waals surface area contributed by atoms with E-state index in [-0.39, 0.29) is 11.0 Å². The fourth-order valence-corrected chi connectivity index (χ4v) is 4.61. The van der Waals surface area contributed by atoms with Crippen LogP contribution in [0.2, 0.25) is 0 Å². The molecular weight excluding hydrogens is 256 g/mol. The number of alkyl halides is 1. The van der Waals surface area contributed by atoms with Crippen LogP contribution in [0.25, 0.3) is 0 Å². The third-order valence-corrected chi connectivity index (χ3v) is 5.72. The van der Waals surface area contributed by atoms with Crippen LogP contribution in [0.3, 0.4) is 0 Å². The Bertz CT molecular complexity index is 325. The molecule has 0 aromatic carbocycles. The van der Waals surface area contributed by atoms with E-state index in [1.165, 1.54) is 70.6 Å². The van der Waals surface area contributed by atoms with Crippen molar-refractivity contribution in [2.75, 3.05) is 6.61 Å². The van der Waals surface area contributed by atoms with E-state index in [1.54, 1.807) is 5.57 Å². The van der Waals surface area contributed by atoms with Crippen LogP contribution in [0.15, 0.2) is 11.6 Å². The van der Waals surface area contributed by atoms with Crippen molar-refractivity contribution in [3.05, 3.63) is 11.6 Å². The quantitative estimate of drug-likeness (QED) is 0.473. The molecule has 2 atom stereocenters. The summed E-state index contributed by atoms with van der Waals surface area (Å²) in [6.07, 6.45) is 16.7. The normalized spacial score (nSPS) is 35.7. The van der Waals surface area contributed by atoms with Crippen LogP contribution in [0.5, 0.6) is 0 Å². The zero-order chi connectivity index (χ0) is 13.1. The van der Waals surface area contributed by atoms with Gasteiger partial charge < -0.3 is 4.74 Å². The molecule has 2 aliphatic carbocycles. The molecule has 2 fully saturated rings. The van der Waals surface area contributed by atoms with Gasteiger partial charge >= 0.3 is 0 Å². The number of allylic oxidation sites excluding steroid dienone is 2. The first-order chi connectivity index (χ1) is 9.27. The lowest BCUT2D eigenvalue weighted by Crippen LogP contribution is -2.41. The highest BCUT2D eigenvalue weighted by atomic mass is 35.5. The Balaban J connectivity index is 1.70. The minimum absolute atomic E-state index is 0.232. The van der Waals surface area contributed by atoms with Gasteiger partial charge in [0, 0.05) is 6.61 Å². The van der Waals surface area contributed by atoms with E-state index in [2.05, 4.69) is 6.08 Å². The first-order valence-electron chi connectivity index (χ1n) is 8.26. The number of hydrogen-bond acceptors (Lipinski definition) is 1. The summed E-state index contributed by atoms with van der Waals surface area (Å²) in [6.45, 7) is 0.967. The Kier molecular flexibility index (Phi) is 4.54. The monoisotopic (exact) mass is 282 g/mol. The molecule has 108 valence electrons. The molecule has 3 rings (SSSR count). The summed E-state index contributed by atoms with van der Waals surface area (Å²) in [5.41, 5.74) is 1.89. The van der Waals surface area contributed by atoms with E-state index >= 15 is 0 Å². The highest BCUT2D eigenvalue weighted by Gasteiger charge is 2.39. The molecule has 1 aliphatic heterocycles. The molecule has 0 radical (unpaired) electrons. The fraction of sp³-hybridized carbons (Fsp3) is 0.882. The molecule has 3 aliphatic rings. The van der Waals surface area contributed by atoms with E-state index in [1.807, 2.05) is 0 Å². The van der Waals surface area contributed by atoms with Crippen LogP contribution in [0.4, 0.5) is 0 Å². The molecule has 19 heavy (non-hydrogen) atoms. The molecule has 0 bridgehead atoms. The van der Waals surface area contributed by atoms with Gasteiger partial charge in [0.15, 0.2) is 0 Å². The first kappa shape index (κ1) is 13.9. The predicted molar refractivity (Wildman–Crippen MR) is 80.7 cm³/mol. The maximum Gasteiger partial charge on any atom is 0.0688 e. The van der Waals surface area contributed by atoms with Crippen LogP contribution in [0.1, 0.15) is 70.6 Å². The average molecular weight is 283 g/mol. The molecule has 0 N–H and O–H groups in total. The van der Waals surface area contributed by atoms with Gasteiger partial charge in [-0.15, -0.1) is 11.6 Å². The van der Waals surface area contributed by atoms with Crippen molar-refractivity contribution in [3.63, 3.8) is 0 Å². The topological polar surface area (TPSA) is 9.23 Å². The average Bonchev–Trinajstić information content (AvgIpc) is 2.64. The third-order valence-electron chi connectivity index (χ3n) is 5.37. The van der Waals surface area contributed by atoms with Gasteiger partial charge in [-0.2, -0.15) is 0 Å². The van der Waals surface area contributed by atoms with Gasteiger partial charge in [-0.05, 0) is 50.9 Å². The second-order valence-electron chi connectivity index (χ2n) is 6.79. The Labute approximate surface area is 122 Å². The molecule has 1 saturated carbocycles. The van der Waals surface area contributed by atoms with Crippen LogP contribution < -0.4 is 0 Å². The third kappa shape index (κ3) is 3.36. The lowest BCUT2D eigenvalue weighted by Gasteiger charge is -2.44. The fourth-order valence-electron chi connectivity index (χ4n) is 4.30. The second kappa shape index (κ2) is 6.18. The minimum Gasteiger partial charge on any atom is -0.375 e. The Hall–Kier alpha value is -0.0100. The summed E-state index contributed by atoms with van der Waals surface area (Å²) < 4.78 is 6.23. The molecule has 1 spiro atoms. The Morgan fingerprint density at radius 1 is 1.05 bits per heavy atom. The molecule has 0 aromatic rings. The van der Waals surface area contributed by atoms with E-state index in [0.29, 0.717) is 0 Å². The zero-order valence-electron chi connectivity index (χ0n) is 12.0. The van der Waals surface area contributed by atoms with E-state index < -0.39 is 0 Å². The maximum absolute atomic E-state index is 6.40. The lowest BCUT2D eigenvalue weighted by atomic mass is 9.73. The van der Waals surface area contributed by atoms with Crippen LogP contribution >= 0.6 is 11.6 Å². The van der Waals surface area contributed by atoms with E-state index in [0.717, 1.165) is 12.5 Å². The highest BCUT2D eigenvalue weighted by Crippen LogP contribution is 2.44. The first-order valence-corrected chi connectivity index (χ1v) is 8.70. The van der Waals surface area contributed by atoms with Gasteiger partial charge in [-0.3, -0.25) is 0 Å². The van der Waals surface area contributed by atoms with Crippen molar-refractivity contribution in [3.8, 4) is 0 Å². The van der Waals surface area contributed by atoms with Crippen molar-refractivity contribution in [2.24, 2.45) is 5.92 Å². The molecule has 2 heteroatoms. The highest BCUT2D eigenvalue weighted by molar-refractivity contribution is 6.21. The Morgan fingerprint density at radius 3 is 2.74 bits per heavy atom.